The highest BCUT2D eigenvalue weighted by atomic mass is 35.5. The second kappa shape index (κ2) is 5.52. The Morgan fingerprint density at radius 1 is 1.27 bits per heavy atom. The van der Waals surface area contributed by atoms with Gasteiger partial charge in [0, 0.05) is 5.03 Å². The first-order chi connectivity index (χ1) is 10.3. The average molecular weight is 338 g/mol. The van der Waals surface area contributed by atoms with Crippen LogP contribution in [-0.4, -0.2) is 8.42 Å². The maximum absolute atomic E-state index is 11.4. The Hall–Kier alpha value is -1.10. The van der Waals surface area contributed by atoms with Gasteiger partial charge in [0.25, 0.3) is 0 Å². The minimum absolute atomic E-state index is 0.161. The first-order valence-electron chi connectivity index (χ1n) is 7.46. The lowest BCUT2D eigenvalue weighted by atomic mass is 9.99. The van der Waals surface area contributed by atoms with Crippen LogP contribution < -0.4 is 5.14 Å². The van der Waals surface area contributed by atoms with Gasteiger partial charge in [-0.15, -0.1) is 0 Å². The number of rotatable bonds is 4. The average Bonchev–Trinajstić information content (AvgIpc) is 3.08. The SMILES string of the molecule is C/C(Cl)=C\CC1=C(c2ccc(S(N)(=O)=O)cc2)CC2(CC2)C1. The lowest BCUT2D eigenvalue weighted by molar-refractivity contribution is 0.551. The molecule has 1 spiro atoms. The van der Waals surface area contributed by atoms with Crippen molar-refractivity contribution < 1.29 is 8.42 Å². The molecule has 0 heterocycles. The van der Waals surface area contributed by atoms with E-state index in [9.17, 15) is 8.42 Å². The topological polar surface area (TPSA) is 60.2 Å². The number of hydrogen-bond donors (Lipinski definition) is 1. The van der Waals surface area contributed by atoms with Gasteiger partial charge in [-0.25, -0.2) is 13.6 Å². The van der Waals surface area contributed by atoms with Crippen LogP contribution in [0.2, 0.25) is 0 Å². The van der Waals surface area contributed by atoms with E-state index in [1.807, 2.05) is 19.1 Å². The fourth-order valence-electron chi connectivity index (χ4n) is 3.26. The first-order valence-corrected chi connectivity index (χ1v) is 9.38. The Kier molecular flexibility index (Phi) is 3.96. The molecular formula is C17H20ClNO2S. The number of nitrogens with two attached hydrogens (primary N) is 1. The van der Waals surface area contributed by atoms with Crippen LogP contribution in [0.3, 0.4) is 0 Å². The minimum atomic E-state index is -3.63. The van der Waals surface area contributed by atoms with Gasteiger partial charge in [0.2, 0.25) is 10.0 Å². The van der Waals surface area contributed by atoms with Crippen LogP contribution in [0.5, 0.6) is 0 Å². The van der Waals surface area contributed by atoms with Crippen molar-refractivity contribution in [2.24, 2.45) is 10.6 Å². The standard InChI is InChI=1S/C17H20ClNO2S/c1-12(18)2-3-14-10-17(8-9-17)11-16(14)13-4-6-15(7-5-13)22(19,20)21/h2,4-7H,3,8-11H2,1H3,(H2,19,20,21)/b12-2+. The zero-order valence-corrected chi connectivity index (χ0v) is 14.2. The quantitative estimate of drug-likeness (QED) is 0.895. The molecule has 118 valence electrons. The van der Waals surface area contributed by atoms with Gasteiger partial charge in [0.1, 0.15) is 0 Å². The summed E-state index contributed by atoms with van der Waals surface area (Å²) in [6.07, 6.45) is 7.74. The van der Waals surface area contributed by atoms with Crippen molar-refractivity contribution in [3.8, 4) is 0 Å². The van der Waals surface area contributed by atoms with Crippen molar-refractivity contribution in [1.29, 1.82) is 0 Å². The molecule has 1 fully saturated rings. The van der Waals surface area contributed by atoms with E-state index in [0.717, 1.165) is 29.9 Å². The number of benzene rings is 1. The maximum atomic E-state index is 11.4. The second-order valence-electron chi connectivity index (χ2n) is 6.50. The number of hydrogen-bond acceptors (Lipinski definition) is 2. The molecule has 1 saturated carbocycles. The Balaban J connectivity index is 1.92. The zero-order chi connectivity index (χ0) is 16.0. The van der Waals surface area contributed by atoms with Gasteiger partial charge in [-0.1, -0.05) is 35.4 Å². The van der Waals surface area contributed by atoms with Gasteiger partial charge < -0.3 is 0 Å². The third-order valence-electron chi connectivity index (χ3n) is 4.69. The summed E-state index contributed by atoms with van der Waals surface area (Å²) in [7, 11) is -3.63. The van der Waals surface area contributed by atoms with E-state index < -0.39 is 10.0 Å². The number of primary sulfonamides is 1. The molecule has 0 bridgehead atoms. The predicted octanol–water partition coefficient (Wildman–Crippen LogP) is 4.19. The van der Waals surface area contributed by atoms with Crippen LogP contribution in [0.25, 0.3) is 5.57 Å². The van der Waals surface area contributed by atoms with E-state index >= 15 is 0 Å². The molecule has 2 aliphatic rings. The minimum Gasteiger partial charge on any atom is -0.225 e. The predicted molar refractivity (Wildman–Crippen MR) is 89.9 cm³/mol. The van der Waals surface area contributed by atoms with E-state index in [-0.39, 0.29) is 4.90 Å². The maximum Gasteiger partial charge on any atom is 0.238 e. The van der Waals surface area contributed by atoms with Crippen LogP contribution >= 0.6 is 11.6 Å². The Morgan fingerprint density at radius 3 is 2.41 bits per heavy atom. The highest BCUT2D eigenvalue weighted by Crippen LogP contribution is 2.62. The molecule has 0 aliphatic heterocycles. The van der Waals surface area contributed by atoms with Gasteiger partial charge in [-0.05, 0) is 67.7 Å². The van der Waals surface area contributed by atoms with Crippen molar-refractivity contribution in [3.05, 3.63) is 46.5 Å². The van der Waals surface area contributed by atoms with Crippen LogP contribution in [0, 0.1) is 5.41 Å². The van der Waals surface area contributed by atoms with Gasteiger partial charge in [0.15, 0.2) is 0 Å². The first kappa shape index (κ1) is 15.8. The third kappa shape index (κ3) is 3.29. The molecule has 0 amide bonds. The summed E-state index contributed by atoms with van der Waals surface area (Å²) in [5.74, 6) is 0. The van der Waals surface area contributed by atoms with Crippen molar-refractivity contribution >= 4 is 27.2 Å². The number of halogens is 1. The molecule has 2 aliphatic carbocycles. The van der Waals surface area contributed by atoms with E-state index in [0.29, 0.717) is 5.41 Å². The van der Waals surface area contributed by atoms with Gasteiger partial charge in [-0.3, -0.25) is 0 Å². The summed E-state index contributed by atoms with van der Waals surface area (Å²) in [5, 5.41) is 5.97. The summed E-state index contributed by atoms with van der Waals surface area (Å²) >= 11 is 5.97. The van der Waals surface area contributed by atoms with Gasteiger partial charge in [-0.2, -0.15) is 0 Å². The molecule has 0 aromatic heterocycles. The normalized spacial score (nSPS) is 20.8. The largest absolute Gasteiger partial charge is 0.238 e. The lowest BCUT2D eigenvalue weighted by Gasteiger charge is -2.08. The van der Waals surface area contributed by atoms with Gasteiger partial charge in [0.05, 0.1) is 4.90 Å². The van der Waals surface area contributed by atoms with E-state index in [1.165, 1.54) is 24.0 Å². The van der Waals surface area contributed by atoms with E-state index in [4.69, 9.17) is 16.7 Å². The van der Waals surface area contributed by atoms with Crippen LogP contribution in [0.15, 0.2) is 45.8 Å². The summed E-state index contributed by atoms with van der Waals surface area (Å²) in [6, 6.07) is 6.92. The van der Waals surface area contributed by atoms with Gasteiger partial charge >= 0.3 is 0 Å². The summed E-state index contributed by atoms with van der Waals surface area (Å²) in [5.41, 5.74) is 4.36. The van der Waals surface area contributed by atoms with Crippen molar-refractivity contribution in [2.75, 3.05) is 0 Å². The molecule has 3 nitrogen and oxygen atoms in total. The monoisotopic (exact) mass is 337 g/mol. The molecular weight excluding hydrogens is 318 g/mol. The molecule has 0 unspecified atom stereocenters. The zero-order valence-electron chi connectivity index (χ0n) is 12.6. The molecule has 5 heteroatoms. The van der Waals surface area contributed by atoms with E-state index in [2.05, 4.69) is 6.08 Å². The summed E-state index contributed by atoms with van der Waals surface area (Å²) < 4.78 is 22.7. The van der Waals surface area contributed by atoms with Crippen molar-refractivity contribution in [2.45, 2.75) is 43.9 Å². The van der Waals surface area contributed by atoms with Crippen molar-refractivity contribution in [3.63, 3.8) is 0 Å². The molecule has 1 aromatic rings. The summed E-state index contributed by atoms with van der Waals surface area (Å²) in [6.45, 7) is 1.89. The Morgan fingerprint density at radius 2 is 1.91 bits per heavy atom. The lowest BCUT2D eigenvalue weighted by Crippen LogP contribution is -2.11. The van der Waals surface area contributed by atoms with Crippen molar-refractivity contribution in [1.82, 2.24) is 0 Å². The highest BCUT2D eigenvalue weighted by molar-refractivity contribution is 7.89. The smallest absolute Gasteiger partial charge is 0.225 e. The van der Waals surface area contributed by atoms with Crippen LogP contribution in [0.4, 0.5) is 0 Å². The third-order valence-corrected chi connectivity index (χ3v) is 5.77. The molecule has 0 atom stereocenters. The molecule has 1 aromatic carbocycles. The Bertz CT molecular complexity index is 752. The highest BCUT2D eigenvalue weighted by Gasteiger charge is 2.47. The molecule has 22 heavy (non-hydrogen) atoms. The molecule has 3 rings (SSSR count). The molecule has 0 saturated heterocycles. The fraction of sp³-hybridized carbons (Fsp3) is 0.412. The summed E-state index contributed by atoms with van der Waals surface area (Å²) in [4.78, 5) is 0.161. The fourth-order valence-corrected chi connectivity index (χ4v) is 3.86. The molecule has 0 radical (unpaired) electrons. The second-order valence-corrected chi connectivity index (χ2v) is 8.66. The Labute approximate surface area is 136 Å². The number of sulfonamides is 1. The van der Waals surface area contributed by atoms with E-state index in [1.54, 1.807) is 12.1 Å². The molecule has 2 N–H and O–H groups in total. The van der Waals surface area contributed by atoms with Crippen LogP contribution in [-0.2, 0) is 10.0 Å². The number of allylic oxidation sites excluding steroid dienone is 4. The van der Waals surface area contributed by atoms with Crippen LogP contribution in [0.1, 0.15) is 44.6 Å².